The van der Waals surface area contributed by atoms with Gasteiger partial charge in [0.1, 0.15) is 0 Å². The maximum atomic E-state index is 12.1. The van der Waals surface area contributed by atoms with Gasteiger partial charge in [0.15, 0.2) is 0 Å². The molecule has 0 aliphatic rings. The molecule has 0 fully saturated rings. The van der Waals surface area contributed by atoms with Gasteiger partial charge in [0, 0.05) is 23.7 Å². The van der Waals surface area contributed by atoms with E-state index in [1.54, 1.807) is 4.57 Å². The number of aryl methyl sites for hydroxylation is 2. The van der Waals surface area contributed by atoms with Crippen LogP contribution in [0.15, 0.2) is 47.3 Å². The van der Waals surface area contributed by atoms with E-state index in [0.717, 1.165) is 15.8 Å². The smallest absolute Gasteiger partial charge is 0.308 e. The molecule has 0 saturated heterocycles. The summed E-state index contributed by atoms with van der Waals surface area (Å²) in [6, 6.07) is 13.1. The highest BCUT2D eigenvalue weighted by Crippen LogP contribution is 2.22. The Kier molecular flexibility index (Phi) is 5.02. The molecule has 1 aromatic heterocycles. The number of thiazole rings is 1. The lowest BCUT2D eigenvalue weighted by atomic mass is 10.1. The van der Waals surface area contributed by atoms with Gasteiger partial charge in [0.2, 0.25) is 5.91 Å². The first kappa shape index (κ1) is 16.7. The Hall–Kier alpha value is -2.11. The average molecular weight is 361 g/mol. The number of nitrogens with one attached hydrogen (secondary N) is 1. The predicted octanol–water partition coefficient (Wildman–Crippen LogP) is 4.31. The van der Waals surface area contributed by atoms with E-state index in [4.69, 9.17) is 11.6 Å². The maximum absolute atomic E-state index is 12.1. The number of carbonyl (C=O) groups excluding carboxylic acids is 1. The predicted molar refractivity (Wildman–Crippen MR) is 100 cm³/mol. The number of benzene rings is 2. The molecule has 1 amide bonds. The number of hydrogen-bond acceptors (Lipinski definition) is 3. The lowest BCUT2D eigenvalue weighted by Gasteiger charge is -2.06. The van der Waals surface area contributed by atoms with Gasteiger partial charge in [0.05, 0.1) is 10.2 Å². The first-order valence-electron chi connectivity index (χ1n) is 7.74. The summed E-state index contributed by atoms with van der Waals surface area (Å²) >= 11 is 7.05. The SMILES string of the molecule is CCn1c(=O)sc2cc(NC(=O)CCc3ccc(Cl)cc3)ccc21. The fourth-order valence-electron chi connectivity index (χ4n) is 2.58. The first-order chi connectivity index (χ1) is 11.6. The third-order valence-electron chi connectivity index (χ3n) is 3.82. The van der Waals surface area contributed by atoms with Crippen LogP contribution in [0, 0.1) is 0 Å². The molecular weight excluding hydrogens is 344 g/mol. The summed E-state index contributed by atoms with van der Waals surface area (Å²) in [6.07, 6.45) is 1.05. The molecule has 124 valence electrons. The molecule has 0 radical (unpaired) electrons. The number of carbonyl (C=O) groups is 1. The second kappa shape index (κ2) is 7.20. The molecule has 0 unspecified atom stereocenters. The lowest BCUT2D eigenvalue weighted by molar-refractivity contribution is -0.116. The molecule has 0 spiro atoms. The lowest BCUT2D eigenvalue weighted by Crippen LogP contribution is -2.12. The van der Waals surface area contributed by atoms with Gasteiger partial charge in [-0.25, -0.2) is 0 Å². The van der Waals surface area contributed by atoms with E-state index >= 15 is 0 Å². The summed E-state index contributed by atoms with van der Waals surface area (Å²) in [5, 5.41) is 3.58. The van der Waals surface area contributed by atoms with Crippen molar-refractivity contribution in [3.63, 3.8) is 0 Å². The fourth-order valence-corrected chi connectivity index (χ4v) is 3.70. The molecule has 4 nitrogen and oxygen atoms in total. The van der Waals surface area contributed by atoms with Crippen LogP contribution in [-0.2, 0) is 17.8 Å². The largest absolute Gasteiger partial charge is 0.326 e. The number of amides is 1. The number of hydrogen-bond donors (Lipinski definition) is 1. The monoisotopic (exact) mass is 360 g/mol. The van der Waals surface area contributed by atoms with E-state index in [1.165, 1.54) is 11.3 Å². The van der Waals surface area contributed by atoms with Crippen molar-refractivity contribution in [1.82, 2.24) is 4.57 Å². The number of aromatic nitrogens is 1. The molecule has 3 rings (SSSR count). The number of anilines is 1. The molecule has 6 heteroatoms. The Balaban J connectivity index is 1.66. The van der Waals surface area contributed by atoms with Crippen molar-refractivity contribution in [3.8, 4) is 0 Å². The number of rotatable bonds is 5. The highest BCUT2D eigenvalue weighted by atomic mass is 35.5. The topological polar surface area (TPSA) is 51.1 Å². The minimum Gasteiger partial charge on any atom is -0.326 e. The van der Waals surface area contributed by atoms with E-state index in [-0.39, 0.29) is 10.8 Å². The highest BCUT2D eigenvalue weighted by Gasteiger charge is 2.08. The molecular formula is C18H17ClN2O2S. The van der Waals surface area contributed by atoms with Crippen molar-refractivity contribution < 1.29 is 4.79 Å². The summed E-state index contributed by atoms with van der Waals surface area (Å²) in [7, 11) is 0. The Morgan fingerprint density at radius 3 is 2.67 bits per heavy atom. The number of nitrogens with zero attached hydrogens (tertiary/aromatic N) is 1. The Morgan fingerprint density at radius 1 is 1.21 bits per heavy atom. The zero-order valence-corrected chi connectivity index (χ0v) is 14.8. The number of halogens is 1. The summed E-state index contributed by atoms with van der Waals surface area (Å²) in [4.78, 5) is 24.0. The molecule has 1 N–H and O–H groups in total. The quantitative estimate of drug-likeness (QED) is 0.737. The summed E-state index contributed by atoms with van der Waals surface area (Å²) in [6.45, 7) is 2.59. The Morgan fingerprint density at radius 2 is 1.96 bits per heavy atom. The van der Waals surface area contributed by atoms with Gasteiger partial charge in [-0.1, -0.05) is 35.1 Å². The zero-order valence-electron chi connectivity index (χ0n) is 13.2. The summed E-state index contributed by atoms with van der Waals surface area (Å²) in [5.41, 5.74) is 2.70. The van der Waals surface area contributed by atoms with Gasteiger partial charge in [-0.2, -0.15) is 0 Å². The van der Waals surface area contributed by atoms with Gasteiger partial charge in [0.25, 0.3) is 0 Å². The van der Waals surface area contributed by atoms with Crippen molar-refractivity contribution in [3.05, 3.63) is 62.7 Å². The van der Waals surface area contributed by atoms with Crippen LogP contribution in [0.1, 0.15) is 18.9 Å². The van der Waals surface area contributed by atoms with E-state index in [2.05, 4.69) is 5.32 Å². The van der Waals surface area contributed by atoms with E-state index in [0.29, 0.717) is 30.1 Å². The van der Waals surface area contributed by atoms with Crippen LogP contribution in [0.2, 0.25) is 5.02 Å². The van der Waals surface area contributed by atoms with Crippen molar-refractivity contribution in [1.29, 1.82) is 0 Å². The molecule has 0 atom stereocenters. The van der Waals surface area contributed by atoms with E-state index in [9.17, 15) is 9.59 Å². The van der Waals surface area contributed by atoms with E-state index in [1.807, 2.05) is 49.4 Å². The van der Waals surface area contributed by atoms with Crippen LogP contribution in [0.3, 0.4) is 0 Å². The van der Waals surface area contributed by atoms with Gasteiger partial charge in [-0.05, 0) is 49.2 Å². The van der Waals surface area contributed by atoms with Crippen molar-refractivity contribution in [2.75, 3.05) is 5.32 Å². The van der Waals surface area contributed by atoms with Crippen molar-refractivity contribution in [2.24, 2.45) is 0 Å². The molecule has 0 bridgehead atoms. The molecule has 1 heterocycles. The molecule has 2 aromatic carbocycles. The fraction of sp³-hybridized carbons (Fsp3) is 0.222. The minimum absolute atomic E-state index is 0.0266. The van der Waals surface area contributed by atoms with Crippen LogP contribution in [0.5, 0.6) is 0 Å². The molecule has 0 aliphatic heterocycles. The van der Waals surface area contributed by atoms with Crippen LogP contribution in [-0.4, -0.2) is 10.5 Å². The van der Waals surface area contributed by atoms with Crippen molar-refractivity contribution in [2.45, 2.75) is 26.3 Å². The summed E-state index contributed by atoms with van der Waals surface area (Å²) < 4.78 is 2.61. The standard InChI is InChI=1S/C18H17ClN2O2S/c1-2-21-15-9-8-14(11-16(15)24-18(21)23)20-17(22)10-5-12-3-6-13(19)7-4-12/h3-4,6-9,11H,2,5,10H2,1H3,(H,20,22). The van der Waals surface area contributed by atoms with Crippen LogP contribution >= 0.6 is 22.9 Å². The van der Waals surface area contributed by atoms with Gasteiger partial charge >= 0.3 is 4.87 Å². The zero-order chi connectivity index (χ0) is 17.1. The molecule has 3 aromatic rings. The van der Waals surface area contributed by atoms with Gasteiger partial charge in [-0.3, -0.25) is 14.2 Å². The summed E-state index contributed by atoms with van der Waals surface area (Å²) in [5.74, 6) is -0.0495. The van der Waals surface area contributed by atoms with Crippen LogP contribution in [0.4, 0.5) is 5.69 Å². The van der Waals surface area contributed by atoms with Crippen LogP contribution < -0.4 is 10.2 Å². The van der Waals surface area contributed by atoms with Gasteiger partial charge in [-0.15, -0.1) is 0 Å². The second-order valence-corrected chi connectivity index (χ2v) is 6.90. The first-order valence-corrected chi connectivity index (χ1v) is 8.94. The second-order valence-electron chi connectivity index (χ2n) is 5.47. The molecule has 24 heavy (non-hydrogen) atoms. The molecule has 0 aliphatic carbocycles. The highest BCUT2D eigenvalue weighted by molar-refractivity contribution is 7.16. The normalized spacial score (nSPS) is 10.9. The van der Waals surface area contributed by atoms with Crippen molar-refractivity contribution >= 4 is 44.7 Å². The van der Waals surface area contributed by atoms with E-state index < -0.39 is 0 Å². The van der Waals surface area contributed by atoms with Gasteiger partial charge < -0.3 is 5.32 Å². The van der Waals surface area contributed by atoms with Crippen LogP contribution in [0.25, 0.3) is 10.2 Å². The maximum Gasteiger partial charge on any atom is 0.308 e. The third kappa shape index (κ3) is 3.68. The minimum atomic E-state index is -0.0495. The third-order valence-corrected chi connectivity index (χ3v) is 5.02. The number of fused-ring (bicyclic) bond motifs is 1. The Labute approximate surface area is 148 Å². The Bertz CT molecular complexity index is 928. The average Bonchev–Trinajstić information content (AvgIpc) is 2.88. The molecule has 0 saturated carbocycles.